The van der Waals surface area contributed by atoms with E-state index in [2.05, 4.69) is 6.92 Å². The number of hydrogen-bond acceptors (Lipinski definition) is 3. The molecule has 0 saturated carbocycles. The summed E-state index contributed by atoms with van der Waals surface area (Å²) in [6.45, 7) is 2.08. The van der Waals surface area contributed by atoms with Crippen LogP contribution in [-0.2, 0) is 12.8 Å². The molecule has 0 unspecified atom stereocenters. The quantitative estimate of drug-likeness (QED) is 0.595. The summed E-state index contributed by atoms with van der Waals surface area (Å²) < 4.78 is 0. The van der Waals surface area contributed by atoms with Crippen molar-refractivity contribution in [2.75, 3.05) is 0 Å². The van der Waals surface area contributed by atoms with Crippen molar-refractivity contribution in [3.63, 3.8) is 0 Å². The van der Waals surface area contributed by atoms with Crippen LogP contribution in [0.15, 0.2) is 24.3 Å². The number of hydrogen-bond donors (Lipinski definition) is 3. The van der Waals surface area contributed by atoms with Crippen molar-refractivity contribution in [3.8, 4) is 0 Å². The molecule has 0 saturated heterocycles. The van der Waals surface area contributed by atoms with Crippen molar-refractivity contribution in [2.24, 2.45) is 5.73 Å². The Morgan fingerprint density at radius 2 is 2.00 bits per heavy atom. The minimum Gasteiger partial charge on any atom is -0.426 e. The minimum atomic E-state index is -1.44. The first kappa shape index (κ1) is 11.2. The van der Waals surface area contributed by atoms with Crippen molar-refractivity contribution in [1.29, 1.82) is 0 Å². The Labute approximate surface area is 84.7 Å². The molecule has 76 valence electrons. The van der Waals surface area contributed by atoms with E-state index in [0.717, 1.165) is 12.0 Å². The molecule has 14 heavy (non-hydrogen) atoms. The van der Waals surface area contributed by atoms with Gasteiger partial charge in [0.15, 0.2) is 0 Å². The van der Waals surface area contributed by atoms with Gasteiger partial charge in [-0.2, -0.15) is 0 Å². The van der Waals surface area contributed by atoms with Gasteiger partial charge in [0.2, 0.25) is 0 Å². The summed E-state index contributed by atoms with van der Waals surface area (Å²) in [6.07, 6.45) is 1.47. The van der Waals surface area contributed by atoms with Gasteiger partial charge < -0.3 is 15.8 Å². The second-order valence-electron chi connectivity index (χ2n) is 3.46. The van der Waals surface area contributed by atoms with E-state index in [-0.39, 0.29) is 0 Å². The van der Waals surface area contributed by atoms with Crippen LogP contribution >= 0.6 is 0 Å². The summed E-state index contributed by atoms with van der Waals surface area (Å²) >= 11 is 0. The van der Waals surface area contributed by atoms with E-state index in [0.29, 0.717) is 6.42 Å². The third-order valence-electron chi connectivity index (χ3n) is 2.25. The Hall–Kier alpha value is -0.835. The molecule has 0 spiro atoms. The molecule has 0 fully saturated rings. The average molecular weight is 193 g/mol. The predicted molar refractivity (Wildman–Crippen MR) is 57.7 cm³/mol. The lowest BCUT2D eigenvalue weighted by Crippen LogP contribution is -2.40. The van der Waals surface area contributed by atoms with E-state index >= 15 is 0 Å². The maximum Gasteiger partial charge on any atom is 0.469 e. The lowest BCUT2D eigenvalue weighted by atomic mass is 9.77. The molecule has 0 radical (unpaired) electrons. The second-order valence-corrected chi connectivity index (χ2v) is 3.46. The highest BCUT2D eigenvalue weighted by molar-refractivity contribution is 6.43. The Balaban J connectivity index is 2.66. The van der Waals surface area contributed by atoms with Gasteiger partial charge in [-0.25, -0.2) is 0 Å². The zero-order valence-corrected chi connectivity index (χ0v) is 8.35. The maximum absolute atomic E-state index is 8.84. The SMILES string of the molecule is CCc1cccc(C[C@H](N)B(O)O)c1. The van der Waals surface area contributed by atoms with Crippen LogP contribution in [0.4, 0.5) is 0 Å². The highest BCUT2D eigenvalue weighted by Crippen LogP contribution is 2.08. The number of nitrogens with two attached hydrogens (primary N) is 1. The maximum atomic E-state index is 8.84. The molecule has 0 amide bonds. The molecule has 1 aromatic rings. The molecule has 0 bridgehead atoms. The number of benzene rings is 1. The zero-order valence-electron chi connectivity index (χ0n) is 8.35. The van der Waals surface area contributed by atoms with Crippen molar-refractivity contribution in [3.05, 3.63) is 35.4 Å². The Morgan fingerprint density at radius 1 is 1.36 bits per heavy atom. The second kappa shape index (κ2) is 5.15. The van der Waals surface area contributed by atoms with Crippen molar-refractivity contribution in [1.82, 2.24) is 0 Å². The van der Waals surface area contributed by atoms with Crippen molar-refractivity contribution < 1.29 is 10.0 Å². The Bertz CT molecular complexity index is 291. The summed E-state index contributed by atoms with van der Waals surface area (Å²) in [5.74, 6) is -0.609. The van der Waals surface area contributed by atoms with E-state index in [9.17, 15) is 0 Å². The first-order valence-corrected chi connectivity index (χ1v) is 4.83. The van der Waals surface area contributed by atoms with Crippen molar-refractivity contribution in [2.45, 2.75) is 25.7 Å². The molecule has 1 atom stereocenters. The van der Waals surface area contributed by atoms with Gasteiger partial charge in [0, 0.05) is 5.94 Å². The van der Waals surface area contributed by atoms with E-state index < -0.39 is 13.1 Å². The molecule has 0 heterocycles. The van der Waals surface area contributed by atoms with Gasteiger partial charge in [0.05, 0.1) is 0 Å². The van der Waals surface area contributed by atoms with E-state index in [4.69, 9.17) is 15.8 Å². The standard InChI is InChI=1S/C10H16BNO2/c1-2-8-4-3-5-9(6-8)7-10(12)11(13)14/h3-6,10,13-14H,2,7,12H2,1H3/t10-/m0/s1. The van der Waals surface area contributed by atoms with Crippen LogP contribution in [0.25, 0.3) is 0 Å². The van der Waals surface area contributed by atoms with E-state index in [1.54, 1.807) is 0 Å². The summed E-state index contributed by atoms with van der Waals surface area (Å²) in [5, 5.41) is 17.7. The summed E-state index contributed by atoms with van der Waals surface area (Å²) in [6, 6.07) is 8.00. The van der Waals surface area contributed by atoms with Gasteiger partial charge in [-0.3, -0.25) is 0 Å². The van der Waals surface area contributed by atoms with Crippen LogP contribution in [0.5, 0.6) is 0 Å². The molecule has 1 aromatic carbocycles. The summed E-state index contributed by atoms with van der Waals surface area (Å²) in [4.78, 5) is 0. The summed E-state index contributed by atoms with van der Waals surface area (Å²) in [5.41, 5.74) is 7.82. The molecule has 0 aliphatic rings. The van der Waals surface area contributed by atoms with Crippen LogP contribution in [0, 0.1) is 0 Å². The van der Waals surface area contributed by atoms with Gasteiger partial charge in [0.25, 0.3) is 0 Å². The average Bonchev–Trinajstić information content (AvgIpc) is 2.18. The minimum absolute atomic E-state index is 0.492. The third-order valence-corrected chi connectivity index (χ3v) is 2.25. The Kier molecular flexibility index (Phi) is 4.13. The van der Waals surface area contributed by atoms with Crippen LogP contribution in [0.2, 0.25) is 0 Å². The zero-order chi connectivity index (χ0) is 10.6. The van der Waals surface area contributed by atoms with E-state index in [1.165, 1.54) is 5.56 Å². The molecule has 0 aliphatic heterocycles. The van der Waals surface area contributed by atoms with Crippen LogP contribution in [-0.4, -0.2) is 23.1 Å². The van der Waals surface area contributed by atoms with Crippen LogP contribution in [0.1, 0.15) is 18.1 Å². The van der Waals surface area contributed by atoms with Gasteiger partial charge in [0.1, 0.15) is 0 Å². The summed E-state index contributed by atoms with van der Waals surface area (Å²) in [7, 11) is -1.44. The van der Waals surface area contributed by atoms with Gasteiger partial charge in [-0.05, 0) is 24.0 Å². The molecular formula is C10H16BNO2. The fourth-order valence-corrected chi connectivity index (χ4v) is 1.35. The molecule has 0 aliphatic carbocycles. The number of aryl methyl sites for hydroxylation is 1. The van der Waals surface area contributed by atoms with Crippen LogP contribution in [0.3, 0.4) is 0 Å². The topological polar surface area (TPSA) is 66.5 Å². The monoisotopic (exact) mass is 193 g/mol. The van der Waals surface area contributed by atoms with E-state index in [1.807, 2.05) is 24.3 Å². The van der Waals surface area contributed by atoms with Crippen molar-refractivity contribution >= 4 is 7.12 Å². The molecule has 4 heteroatoms. The fourth-order valence-electron chi connectivity index (χ4n) is 1.35. The first-order chi connectivity index (χ1) is 6.63. The molecule has 3 nitrogen and oxygen atoms in total. The first-order valence-electron chi connectivity index (χ1n) is 4.83. The third kappa shape index (κ3) is 3.14. The highest BCUT2D eigenvalue weighted by Gasteiger charge is 2.18. The highest BCUT2D eigenvalue weighted by atomic mass is 16.4. The normalized spacial score (nSPS) is 12.6. The molecule has 0 aromatic heterocycles. The largest absolute Gasteiger partial charge is 0.469 e. The lowest BCUT2D eigenvalue weighted by molar-refractivity contribution is 0.386. The fraction of sp³-hybridized carbons (Fsp3) is 0.400. The number of rotatable bonds is 4. The van der Waals surface area contributed by atoms with Crippen LogP contribution < -0.4 is 5.73 Å². The molecule has 1 rings (SSSR count). The smallest absolute Gasteiger partial charge is 0.426 e. The predicted octanol–water partition coefficient (Wildman–Crippen LogP) is 0.131. The Morgan fingerprint density at radius 3 is 2.57 bits per heavy atom. The lowest BCUT2D eigenvalue weighted by Gasteiger charge is -2.10. The van der Waals surface area contributed by atoms with Gasteiger partial charge in [-0.1, -0.05) is 31.2 Å². The van der Waals surface area contributed by atoms with Gasteiger partial charge >= 0.3 is 7.12 Å². The molecular weight excluding hydrogens is 177 g/mol. The van der Waals surface area contributed by atoms with Gasteiger partial charge in [-0.15, -0.1) is 0 Å². The molecule has 4 N–H and O–H groups in total.